The molecule has 2 atom stereocenters. The molecule has 2 rings (SSSR count). The maximum atomic E-state index is 11.5. The number of methoxy groups -OCH3 is 1. The predicted octanol–water partition coefficient (Wildman–Crippen LogP) is 2.57. The number of hydrogen-bond acceptors (Lipinski definition) is 3. The van der Waals surface area contributed by atoms with Crippen molar-refractivity contribution in [1.29, 1.82) is 0 Å². The summed E-state index contributed by atoms with van der Waals surface area (Å²) in [7, 11) is 1.67. The molecule has 4 heteroatoms. The number of rotatable bonds is 5. The van der Waals surface area contributed by atoms with Crippen LogP contribution in [0.5, 0.6) is 5.75 Å². The van der Waals surface area contributed by atoms with Crippen molar-refractivity contribution in [3.05, 3.63) is 41.5 Å². The van der Waals surface area contributed by atoms with Crippen LogP contribution in [0.25, 0.3) is 0 Å². The zero-order chi connectivity index (χ0) is 16.1. The van der Waals surface area contributed by atoms with E-state index in [1.54, 1.807) is 14.0 Å². The highest BCUT2D eigenvalue weighted by Crippen LogP contribution is 2.29. The zero-order valence-electron chi connectivity index (χ0n) is 13.9. The Kier molecular flexibility index (Phi) is 5.61. The first-order chi connectivity index (χ1) is 10.5. The normalized spacial score (nSPS) is 21.5. The van der Waals surface area contributed by atoms with Crippen LogP contribution in [-0.4, -0.2) is 43.6 Å². The number of nitrogens with zero attached hydrogens (tertiary/aromatic N) is 1. The molecule has 0 unspecified atom stereocenters. The number of nitrogens with one attached hydrogen (secondary N) is 1. The SMILES string of the molecule is COc1ccc([C@@H]2CN(CC=C(C)C)C[C@H]2NC(C)=O)cc1. The van der Waals surface area contributed by atoms with Crippen LogP contribution in [0.1, 0.15) is 32.3 Å². The van der Waals surface area contributed by atoms with Gasteiger partial charge in [-0.1, -0.05) is 23.8 Å². The van der Waals surface area contributed by atoms with Gasteiger partial charge in [-0.2, -0.15) is 0 Å². The van der Waals surface area contributed by atoms with Crippen LogP contribution in [0.2, 0.25) is 0 Å². The molecule has 22 heavy (non-hydrogen) atoms. The molecule has 0 bridgehead atoms. The molecule has 1 amide bonds. The summed E-state index contributed by atoms with van der Waals surface area (Å²) in [5, 5.41) is 3.10. The molecule has 1 saturated heterocycles. The van der Waals surface area contributed by atoms with Gasteiger partial charge < -0.3 is 10.1 Å². The Morgan fingerprint density at radius 1 is 1.27 bits per heavy atom. The van der Waals surface area contributed by atoms with Crippen LogP contribution in [0.4, 0.5) is 0 Å². The van der Waals surface area contributed by atoms with Crippen molar-refractivity contribution >= 4 is 5.91 Å². The lowest BCUT2D eigenvalue weighted by molar-refractivity contribution is -0.119. The van der Waals surface area contributed by atoms with E-state index in [1.165, 1.54) is 11.1 Å². The largest absolute Gasteiger partial charge is 0.497 e. The lowest BCUT2D eigenvalue weighted by atomic mass is 9.94. The van der Waals surface area contributed by atoms with E-state index in [4.69, 9.17) is 4.74 Å². The third-order valence-electron chi connectivity index (χ3n) is 4.09. The van der Waals surface area contributed by atoms with Crippen LogP contribution in [0, 0.1) is 0 Å². The molecular weight excluding hydrogens is 276 g/mol. The van der Waals surface area contributed by atoms with Crippen molar-refractivity contribution in [1.82, 2.24) is 10.2 Å². The highest BCUT2D eigenvalue weighted by atomic mass is 16.5. The number of hydrogen-bond donors (Lipinski definition) is 1. The summed E-state index contributed by atoms with van der Waals surface area (Å²) >= 11 is 0. The minimum atomic E-state index is 0.0348. The second kappa shape index (κ2) is 7.45. The number of ether oxygens (including phenoxy) is 1. The molecule has 0 aromatic heterocycles. The quantitative estimate of drug-likeness (QED) is 0.850. The molecule has 1 N–H and O–H groups in total. The molecule has 1 heterocycles. The molecular formula is C18H26N2O2. The topological polar surface area (TPSA) is 41.6 Å². The zero-order valence-corrected chi connectivity index (χ0v) is 13.9. The van der Waals surface area contributed by atoms with Gasteiger partial charge in [0.05, 0.1) is 7.11 Å². The Bertz CT molecular complexity index is 533. The van der Waals surface area contributed by atoms with Gasteiger partial charge >= 0.3 is 0 Å². The summed E-state index contributed by atoms with van der Waals surface area (Å²) in [6.07, 6.45) is 2.24. The third kappa shape index (κ3) is 4.34. The van der Waals surface area contributed by atoms with E-state index in [9.17, 15) is 4.79 Å². The van der Waals surface area contributed by atoms with Gasteiger partial charge in [0.1, 0.15) is 5.75 Å². The summed E-state index contributed by atoms with van der Waals surface area (Å²) in [6, 6.07) is 8.33. The van der Waals surface area contributed by atoms with E-state index in [0.29, 0.717) is 5.92 Å². The second-order valence-corrected chi connectivity index (χ2v) is 6.19. The van der Waals surface area contributed by atoms with Crippen molar-refractivity contribution in [3.8, 4) is 5.75 Å². The molecule has 0 aliphatic carbocycles. The summed E-state index contributed by atoms with van der Waals surface area (Å²) in [6.45, 7) is 8.60. The first-order valence-corrected chi connectivity index (χ1v) is 7.76. The molecule has 1 fully saturated rings. The monoisotopic (exact) mass is 302 g/mol. The van der Waals surface area contributed by atoms with E-state index in [2.05, 4.69) is 42.3 Å². The smallest absolute Gasteiger partial charge is 0.217 e. The molecule has 1 aliphatic heterocycles. The van der Waals surface area contributed by atoms with Crippen molar-refractivity contribution < 1.29 is 9.53 Å². The summed E-state index contributed by atoms with van der Waals surface area (Å²) in [4.78, 5) is 13.9. The van der Waals surface area contributed by atoms with Crippen molar-refractivity contribution in [2.45, 2.75) is 32.7 Å². The lowest BCUT2D eigenvalue weighted by Gasteiger charge is -2.19. The van der Waals surface area contributed by atoms with Gasteiger partial charge in [-0.15, -0.1) is 0 Å². The first-order valence-electron chi connectivity index (χ1n) is 7.76. The van der Waals surface area contributed by atoms with Gasteiger partial charge in [0.2, 0.25) is 5.91 Å². The van der Waals surface area contributed by atoms with E-state index < -0.39 is 0 Å². The Balaban J connectivity index is 2.13. The number of amides is 1. The Morgan fingerprint density at radius 2 is 1.95 bits per heavy atom. The van der Waals surface area contributed by atoms with Crippen molar-refractivity contribution in [2.24, 2.45) is 0 Å². The highest BCUT2D eigenvalue weighted by molar-refractivity contribution is 5.73. The maximum Gasteiger partial charge on any atom is 0.217 e. The third-order valence-corrected chi connectivity index (χ3v) is 4.09. The van der Waals surface area contributed by atoms with Gasteiger partial charge in [-0.05, 0) is 31.5 Å². The minimum Gasteiger partial charge on any atom is -0.497 e. The van der Waals surface area contributed by atoms with Crippen LogP contribution >= 0.6 is 0 Å². The van der Waals surface area contributed by atoms with E-state index >= 15 is 0 Å². The summed E-state index contributed by atoms with van der Waals surface area (Å²) in [5.74, 6) is 1.21. The Morgan fingerprint density at radius 3 is 2.50 bits per heavy atom. The van der Waals surface area contributed by atoms with Crippen molar-refractivity contribution in [3.63, 3.8) is 0 Å². The van der Waals surface area contributed by atoms with Crippen LogP contribution in [0.15, 0.2) is 35.9 Å². The molecule has 0 radical (unpaired) electrons. The Labute approximate surface area is 133 Å². The predicted molar refractivity (Wildman–Crippen MR) is 89.2 cm³/mol. The first kappa shape index (κ1) is 16.6. The fraction of sp³-hybridized carbons (Fsp3) is 0.500. The minimum absolute atomic E-state index is 0.0348. The standard InChI is InChI=1S/C18H26N2O2/c1-13(2)9-10-20-11-17(18(12-20)19-14(3)21)15-5-7-16(22-4)8-6-15/h5-9,17-18H,10-12H2,1-4H3,(H,19,21)/t17-,18+/m0/s1. The number of benzene rings is 1. The van der Waals surface area contributed by atoms with Gasteiger partial charge in [0.25, 0.3) is 0 Å². The maximum absolute atomic E-state index is 11.5. The van der Waals surface area contributed by atoms with E-state index in [0.717, 1.165) is 25.4 Å². The highest BCUT2D eigenvalue weighted by Gasteiger charge is 2.33. The molecule has 0 spiro atoms. The number of carbonyl (C=O) groups excluding carboxylic acids is 1. The van der Waals surface area contributed by atoms with Gasteiger partial charge in [0.15, 0.2) is 0 Å². The molecule has 0 saturated carbocycles. The molecule has 1 aromatic rings. The van der Waals surface area contributed by atoms with E-state index in [-0.39, 0.29) is 11.9 Å². The average molecular weight is 302 g/mol. The van der Waals surface area contributed by atoms with Crippen LogP contribution < -0.4 is 10.1 Å². The van der Waals surface area contributed by atoms with E-state index in [1.807, 2.05) is 12.1 Å². The van der Waals surface area contributed by atoms with Gasteiger partial charge in [-0.25, -0.2) is 0 Å². The van der Waals surface area contributed by atoms with Crippen LogP contribution in [-0.2, 0) is 4.79 Å². The fourth-order valence-corrected chi connectivity index (χ4v) is 2.94. The van der Waals surface area contributed by atoms with Crippen LogP contribution in [0.3, 0.4) is 0 Å². The molecule has 4 nitrogen and oxygen atoms in total. The number of carbonyl (C=O) groups is 1. The summed E-state index contributed by atoms with van der Waals surface area (Å²) in [5.41, 5.74) is 2.57. The molecule has 1 aliphatic rings. The van der Waals surface area contributed by atoms with Gasteiger partial charge in [-0.3, -0.25) is 9.69 Å². The number of likely N-dealkylation sites (tertiary alicyclic amines) is 1. The number of allylic oxidation sites excluding steroid dienone is 1. The summed E-state index contributed by atoms with van der Waals surface area (Å²) < 4.78 is 5.22. The Hall–Kier alpha value is -1.81. The average Bonchev–Trinajstić information content (AvgIpc) is 2.87. The molecule has 1 aromatic carbocycles. The fourth-order valence-electron chi connectivity index (χ4n) is 2.94. The van der Waals surface area contributed by atoms with Crippen molar-refractivity contribution in [2.75, 3.05) is 26.7 Å². The molecule has 120 valence electrons. The lowest BCUT2D eigenvalue weighted by Crippen LogP contribution is -2.38. The van der Waals surface area contributed by atoms with Gasteiger partial charge in [0, 0.05) is 38.5 Å². The second-order valence-electron chi connectivity index (χ2n) is 6.19.